The number of nitrogens with zero attached hydrogens (tertiary/aromatic N) is 1. The summed E-state index contributed by atoms with van der Waals surface area (Å²) in [7, 11) is 0. The van der Waals surface area contributed by atoms with Crippen molar-refractivity contribution in [3.63, 3.8) is 0 Å². The van der Waals surface area contributed by atoms with Crippen molar-refractivity contribution in [1.29, 1.82) is 5.41 Å². The molecule has 1 aliphatic rings. The van der Waals surface area contributed by atoms with Crippen LogP contribution in [-0.4, -0.2) is 34.5 Å². The van der Waals surface area contributed by atoms with E-state index in [2.05, 4.69) is 26.2 Å². The molecule has 1 heterocycles. The van der Waals surface area contributed by atoms with Gasteiger partial charge >= 0.3 is 0 Å². The number of ketones is 1. The van der Waals surface area contributed by atoms with E-state index < -0.39 is 5.91 Å². The molecule has 7 heteroatoms. The van der Waals surface area contributed by atoms with Crippen LogP contribution in [0.2, 0.25) is 0 Å². The highest BCUT2D eigenvalue weighted by atomic mass is 79.9. The maximum Gasteiger partial charge on any atom is 0.265 e. The number of carbonyl (C=O) groups is 2. The van der Waals surface area contributed by atoms with Gasteiger partial charge in [0.15, 0.2) is 0 Å². The van der Waals surface area contributed by atoms with Crippen LogP contribution in [0.4, 0.5) is 0 Å². The van der Waals surface area contributed by atoms with Gasteiger partial charge in [-0.1, -0.05) is 6.07 Å². The van der Waals surface area contributed by atoms with Crippen molar-refractivity contribution >= 4 is 44.2 Å². The minimum absolute atomic E-state index is 0.0213. The molecule has 1 fully saturated rings. The number of rotatable bonds is 6. The molecule has 0 aliphatic heterocycles. The summed E-state index contributed by atoms with van der Waals surface area (Å²) in [6.45, 7) is 1.38. The second kappa shape index (κ2) is 8.61. The fourth-order valence-corrected chi connectivity index (χ4v) is 3.79. The average molecular weight is 432 g/mol. The lowest BCUT2D eigenvalue weighted by molar-refractivity contribution is -0.118. The van der Waals surface area contributed by atoms with Gasteiger partial charge in [-0.25, -0.2) is 0 Å². The van der Waals surface area contributed by atoms with Crippen molar-refractivity contribution in [2.45, 2.75) is 51.2 Å². The van der Waals surface area contributed by atoms with Crippen LogP contribution in [0.1, 0.15) is 39.0 Å². The topological polar surface area (TPSA) is 92.1 Å². The molecule has 6 nitrogen and oxygen atoms in total. The largest absolute Gasteiger partial charge is 0.490 e. The van der Waals surface area contributed by atoms with E-state index in [0.29, 0.717) is 0 Å². The fourth-order valence-electron chi connectivity index (χ4n) is 3.32. The first-order chi connectivity index (χ1) is 12.9. The molecule has 0 bridgehead atoms. The monoisotopic (exact) mass is 431 g/mol. The van der Waals surface area contributed by atoms with Gasteiger partial charge in [-0.05, 0) is 66.7 Å². The molecular weight excluding hydrogens is 410 g/mol. The normalized spacial score (nSPS) is 19.5. The summed E-state index contributed by atoms with van der Waals surface area (Å²) in [6.07, 6.45) is 4.93. The van der Waals surface area contributed by atoms with Crippen molar-refractivity contribution in [3.05, 3.63) is 34.9 Å². The van der Waals surface area contributed by atoms with E-state index >= 15 is 0 Å². The average Bonchev–Trinajstić information content (AvgIpc) is 2.63. The van der Waals surface area contributed by atoms with Gasteiger partial charge in [0, 0.05) is 22.1 Å². The number of aromatic nitrogens is 1. The van der Waals surface area contributed by atoms with E-state index in [1.807, 2.05) is 24.3 Å². The number of hydrogen-bond donors (Lipinski definition) is 2. The Bertz CT molecular complexity index is 876. The van der Waals surface area contributed by atoms with E-state index in [0.717, 1.165) is 46.8 Å². The summed E-state index contributed by atoms with van der Waals surface area (Å²) in [4.78, 5) is 27.4. The molecule has 0 unspecified atom stereocenters. The van der Waals surface area contributed by atoms with Gasteiger partial charge < -0.3 is 10.1 Å². The highest BCUT2D eigenvalue weighted by Gasteiger charge is 2.25. The Labute approximate surface area is 166 Å². The van der Waals surface area contributed by atoms with E-state index in [-0.39, 0.29) is 30.1 Å². The van der Waals surface area contributed by atoms with Gasteiger partial charge in [-0.3, -0.25) is 20.0 Å². The van der Waals surface area contributed by atoms with Gasteiger partial charge in [-0.15, -0.1) is 0 Å². The minimum Gasteiger partial charge on any atom is -0.490 e. The zero-order valence-electron chi connectivity index (χ0n) is 15.1. The molecule has 0 spiro atoms. The van der Waals surface area contributed by atoms with Crippen LogP contribution < -0.4 is 10.1 Å². The number of fused-ring (bicyclic) bond motifs is 1. The van der Waals surface area contributed by atoms with Crippen LogP contribution in [0.3, 0.4) is 0 Å². The van der Waals surface area contributed by atoms with Gasteiger partial charge in [0.1, 0.15) is 17.2 Å². The smallest absolute Gasteiger partial charge is 0.265 e. The lowest BCUT2D eigenvalue weighted by Crippen LogP contribution is -2.42. The third-order valence-electron chi connectivity index (χ3n) is 4.68. The van der Waals surface area contributed by atoms with Crippen LogP contribution in [0.15, 0.2) is 34.9 Å². The SMILES string of the molecule is CC(=O)CC(=N)C(=O)NC1CCC(Oc2ccnc3c(Br)cccc23)CC1. The quantitative estimate of drug-likeness (QED) is 0.680. The molecule has 2 N–H and O–H groups in total. The van der Waals surface area contributed by atoms with Gasteiger partial charge in [-0.2, -0.15) is 0 Å². The predicted octanol–water partition coefficient (Wildman–Crippen LogP) is 3.80. The Morgan fingerprint density at radius 2 is 2.00 bits per heavy atom. The number of ether oxygens (including phenoxy) is 1. The Morgan fingerprint density at radius 3 is 2.70 bits per heavy atom. The third kappa shape index (κ3) is 4.91. The molecule has 0 saturated heterocycles. The molecule has 27 heavy (non-hydrogen) atoms. The lowest BCUT2D eigenvalue weighted by Gasteiger charge is -2.29. The standard InChI is InChI=1S/C20H22BrN3O3/c1-12(25)11-17(22)20(26)24-13-5-7-14(8-6-13)27-18-9-10-23-19-15(18)3-2-4-16(19)21/h2-4,9-10,13-14,22H,5-8,11H2,1H3,(H,24,26). The third-order valence-corrected chi connectivity index (χ3v) is 5.32. The second-order valence-corrected chi connectivity index (χ2v) is 7.72. The van der Waals surface area contributed by atoms with Crippen LogP contribution in [-0.2, 0) is 9.59 Å². The summed E-state index contributed by atoms with van der Waals surface area (Å²) in [5, 5.41) is 11.5. The molecule has 142 valence electrons. The Kier molecular flexibility index (Phi) is 6.21. The van der Waals surface area contributed by atoms with Gasteiger partial charge in [0.05, 0.1) is 18.0 Å². The molecule has 1 aliphatic carbocycles. The van der Waals surface area contributed by atoms with Crippen molar-refractivity contribution < 1.29 is 14.3 Å². The summed E-state index contributed by atoms with van der Waals surface area (Å²) in [5.41, 5.74) is 0.703. The number of amides is 1. The molecule has 3 rings (SSSR count). The summed E-state index contributed by atoms with van der Waals surface area (Å²) >= 11 is 3.52. The van der Waals surface area contributed by atoms with Crippen LogP contribution >= 0.6 is 15.9 Å². The number of nitrogens with one attached hydrogen (secondary N) is 2. The fraction of sp³-hybridized carbons (Fsp3) is 0.400. The second-order valence-electron chi connectivity index (χ2n) is 6.87. The Morgan fingerprint density at radius 1 is 1.26 bits per heavy atom. The summed E-state index contributed by atoms with van der Waals surface area (Å²) < 4.78 is 7.15. The number of benzene rings is 1. The first kappa shape index (κ1) is 19.5. The zero-order valence-corrected chi connectivity index (χ0v) is 16.7. The molecule has 1 saturated carbocycles. The predicted molar refractivity (Wildman–Crippen MR) is 107 cm³/mol. The van der Waals surface area contributed by atoms with Crippen LogP contribution in [0.5, 0.6) is 5.75 Å². The molecule has 1 aromatic carbocycles. The van der Waals surface area contributed by atoms with Gasteiger partial charge in [0.2, 0.25) is 0 Å². The molecular formula is C20H22BrN3O3. The summed E-state index contributed by atoms with van der Waals surface area (Å²) in [6, 6.07) is 7.81. The molecule has 1 aromatic heterocycles. The van der Waals surface area contributed by atoms with Crippen molar-refractivity contribution in [3.8, 4) is 5.75 Å². The molecule has 0 radical (unpaired) electrons. The number of carbonyl (C=O) groups excluding carboxylic acids is 2. The van der Waals surface area contributed by atoms with Crippen LogP contribution in [0, 0.1) is 5.41 Å². The van der Waals surface area contributed by atoms with E-state index in [1.54, 1.807) is 6.20 Å². The van der Waals surface area contributed by atoms with E-state index in [4.69, 9.17) is 10.1 Å². The number of Topliss-reactive ketones (excluding diaryl/α,β-unsaturated/α-hetero) is 1. The first-order valence-electron chi connectivity index (χ1n) is 9.01. The summed E-state index contributed by atoms with van der Waals surface area (Å²) in [5.74, 6) is 0.194. The minimum atomic E-state index is -0.445. The molecule has 1 amide bonds. The first-order valence-corrected chi connectivity index (χ1v) is 9.81. The molecule has 0 atom stereocenters. The van der Waals surface area contributed by atoms with E-state index in [1.165, 1.54) is 6.92 Å². The van der Waals surface area contributed by atoms with Crippen molar-refractivity contribution in [1.82, 2.24) is 10.3 Å². The van der Waals surface area contributed by atoms with Crippen LogP contribution in [0.25, 0.3) is 10.9 Å². The maximum absolute atomic E-state index is 12.0. The maximum atomic E-state index is 12.0. The number of para-hydroxylation sites is 1. The molecule has 2 aromatic rings. The Hall–Kier alpha value is -2.28. The highest BCUT2D eigenvalue weighted by Crippen LogP contribution is 2.31. The Balaban J connectivity index is 1.56. The number of hydrogen-bond acceptors (Lipinski definition) is 5. The van der Waals surface area contributed by atoms with Crippen molar-refractivity contribution in [2.24, 2.45) is 0 Å². The number of halogens is 1. The highest BCUT2D eigenvalue weighted by molar-refractivity contribution is 9.10. The zero-order chi connectivity index (χ0) is 19.4. The van der Waals surface area contributed by atoms with Gasteiger partial charge in [0.25, 0.3) is 5.91 Å². The number of pyridine rings is 1. The van der Waals surface area contributed by atoms with E-state index in [9.17, 15) is 9.59 Å². The van der Waals surface area contributed by atoms with Crippen molar-refractivity contribution in [2.75, 3.05) is 0 Å². The lowest BCUT2D eigenvalue weighted by atomic mass is 9.92.